The number of carbonyl (C=O) groups is 2. The van der Waals surface area contributed by atoms with Crippen LogP contribution >= 0.6 is 0 Å². The van der Waals surface area contributed by atoms with E-state index in [2.05, 4.69) is 0 Å². The minimum atomic E-state index is -0.866. The van der Waals surface area contributed by atoms with Gasteiger partial charge in [0.1, 0.15) is 5.92 Å². The van der Waals surface area contributed by atoms with Gasteiger partial charge in [-0.2, -0.15) is 0 Å². The number of carbonyl (C=O) groups excluding carboxylic acids is 2. The molecule has 0 saturated heterocycles. The predicted molar refractivity (Wildman–Crippen MR) is 55.2 cm³/mol. The molecule has 0 fully saturated rings. The summed E-state index contributed by atoms with van der Waals surface area (Å²) in [5, 5.41) is 0. The number of hydrogen-bond acceptors (Lipinski definition) is 4. The molecule has 84 valence electrons. The predicted octanol–water partition coefficient (Wildman–Crippen LogP) is 0.224. The van der Waals surface area contributed by atoms with Gasteiger partial charge in [-0.25, -0.2) is 0 Å². The Balaban J connectivity index is 2.34. The first-order valence-electron chi connectivity index (χ1n) is 5.06. The number of fused-ring (bicyclic) bond motifs is 1. The number of esters is 1. The molecule has 5 heteroatoms. The van der Waals surface area contributed by atoms with E-state index in [1.807, 2.05) is 0 Å². The van der Waals surface area contributed by atoms with Crippen molar-refractivity contribution in [3.05, 3.63) is 34.2 Å². The van der Waals surface area contributed by atoms with E-state index in [4.69, 9.17) is 4.74 Å². The summed E-state index contributed by atoms with van der Waals surface area (Å²) in [6, 6.07) is 4.42. The van der Waals surface area contributed by atoms with E-state index < -0.39 is 11.9 Å². The molecule has 2 heterocycles. The Morgan fingerprint density at radius 2 is 2.25 bits per heavy atom. The average molecular weight is 221 g/mol. The summed E-state index contributed by atoms with van der Waals surface area (Å²) in [6.45, 7) is 2.00. The molecule has 0 saturated carbocycles. The third-order valence-electron chi connectivity index (χ3n) is 2.55. The van der Waals surface area contributed by atoms with Gasteiger partial charge in [-0.1, -0.05) is 6.07 Å². The Labute approximate surface area is 91.6 Å². The summed E-state index contributed by atoms with van der Waals surface area (Å²) in [7, 11) is 0. The summed E-state index contributed by atoms with van der Waals surface area (Å²) in [5.74, 6) is -1.76. The molecule has 0 bridgehead atoms. The number of rotatable bonds is 2. The van der Waals surface area contributed by atoms with Crippen LogP contribution in [0.3, 0.4) is 0 Å². The van der Waals surface area contributed by atoms with Crippen molar-refractivity contribution in [3.63, 3.8) is 0 Å². The van der Waals surface area contributed by atoms with Gasteiger partial charge >= 0.3 is 5.97 Å². The van der Waals surface area contributed by atoms with Crippen molar-refractivity contribution in [3.8, 4) is 0 Å². The van der Waals surface area contributed by atoms with Gasteiger partial charge in [0.15, 0.2) is 5.78 Å². The lowest BCUT2D eigenvalue weighted by Crippen LogP contribution is -2.24. The van der Waals surface area contributed by atoms with Crippen molar-refractivity contribution in [2.75, 3.05) is 6.61 Å². The minimum absolute atomic E-state index is 0.0900. The molecular formula is C11H11NO4. The molecule has 2 rings (SSSR count). The number of hydrogen-bond donors (Lipinski definition) is 0. The molecule has 1 aliphatic heterocycles. The van der Waals surface area contributed by atoms with Crippen LogP contribution in [0.15, 0.2) is 23.0 Å². The Hall–Kier alpha value is -1.91. The van der Waals surface area contributed by atoms with E-state index in [1.165, 1.54) is 16.7 Å². The standard InChI is InChI=1S/C11H11NO4/c1-2-16-11(15)7-6-12-8(10(7)14)4-3-5-9(12)13/h3-5,7H,2,6H2,1H3. The second kappa shape index (κ2) is 3.92. The smallest absolute Gasteiger partial charge is 0.318 e. The fourth-order valence-electron chi connectivity index (χ4n) is 1.79. The molecule has 1 aliphatic rings. The average Bonchev–Trinajstić information content (AvgIpc) is 2.59. The van der Waals surface area contributed by atoms with Gasteiger partial charge in [-0.15, -0.1) is 0 Å². The molecule has 1 unspecified atom stereocenters. The highest BCUT2D eigenvalue weighted by molar-refractivity contribution is 6.09. The van der Waals surface area contributed by atoms with E-state index in [0.717, 1.165) is 0 Å². The van der Waals surface area contributed by atoms with Crippen LogP contribution in [0, 0.1) is 5.92 Å². The van der Waals surface area contributed by atoms with Crippen LogP contribution in [0.25, 0.3) is 0 Å². The van der Waals surface area contributed by atoms with Crippen LogP contribution in [-0.2, 0) is 16.1 Å². The van der Waals surface area contributed by atoms with Crippen LogP contribution < -0.4 is 5.56 Å². The second-order valence-corrected chi connectivity index (χ2v) is 3.53. The number of aromatic nitrogens is 1. The van der Waals surface area contributed by atoms with Gasteiger partial charge in [-0.05, 0) is 13.0 Å². The third-order valence-corrected chi connectivity index (χ3v) is 2.55. The molecular weight excluding hydrogens is 210 g/mol. The van der Waals surface area contributed by atoms with E-state index in [-0.39, 0.29) is 30.2 Å². The highest BCUT2D eigenvalue weighted by Crippen LogP contribution is 2.19. The molecule has 0 spiro atoms. The molecule has 0 aliphatic carbocycles. The number of ketones is 1. The maximum atomic E-state index is 11.8. The number of ether oxygens (including phenoxy) is 1. The zero-order valence-corrected chi connectivity index (χ0v) is 8.80. The zero-order chi connectivity index (χ0) is 11.7. The number of pyridine rings is 1. The van der Waals surface area contributed by atoms with Gasteiger partial charge < -0.3 is 9.30 Å². The topological polar surface area (TPSA) is 65.4 Å². The molecule has 1 aromatic heterocycles. The first-order chi connectivity index (χ1) is 7.65. The molecule has 5 nitrogen and oxygen atoms in total. The fraction of sp³-hybridized carbons (Fsp3) is 0.364. The summed E-state index contributed by atoms with van der Waals surface area (Å²) >= 11 is 0. The van der Waals surface area contributed by atoms with Crippen molar-refractivity contribution in [1.82, 2.24) is 4.57 Å². The molecule has 0 N–H and O–H groups in total. The lowest BCUT2D eigenvalue weighted by atomic mass is 10.1. The van der Waals surface area contributed by atoms with Crippen molar-refractivity contribution in [1.29, 1.82) is 0 Å². The number of Topliss-reactive ketones (excluding diaryl/α,β-unsaturated/α-hetero) is 1. The van der Waals surface area contributed by atoms with Crippen LogP contribution in [0.4, 0.5) is 0 Å². The van der Waals surface area contributed by atoms with E-state index in [0.29, 0.717) is 0 Å². The van der Waals surface area contributed by atoms with Crippen LogP contribution in [0.2, 0.25) is 0 Å². The van der Waals surface area contributed by atoms with Gasteiger partial charge in [0, 0.05) is 12.6 Å². The summed E-state index contributed by atoms with van der Waals surface area (Å²) < 4.78 is 6.10. The lowest BCUT2D eigenvalue weighted by molar-refractivity contribution is -0.146. The van der Waals surface area contributed by atoms with Gasteiger partial charge in [0.05, 0.1) is 12.3 Å². The van der Waals surface area contributed by atoms with E-state index >= 15 is 0 Å². The lowest BCUT2D eigenvalue weighted by Gasteiger charge is -2.05. The highest BCUT2D eigenvalue weighted by Gasteiger charge is 2.37. The minimum Gasteiger partial charge on any atom is -0.465 e. The summed E-state index contributed by atoms with van der Waals surface area (Å²) in [5.41, 5.74) is 0.0169. The molecule has 1 aromatic rings. The maximum Gasteiger partial charge on any atom is 0.318 e. The zero-order valence-electron chi connectivity index (χ0n) is 8.80. The van der Waals surface area contributed by atoms with Crippen LogP contribution in [-0.4, -0.2) is 22.9 Å². The Kier molecular flexibility index (Phi) is 2.60. The van der Waals surface area contributed by atoms with E-state index in [9.17, 15) is 14.4 Å². The first-order valence-corrected chi connectivity index (χ1v) is 5.06. The fourth-order valence-corrected chi connectivity index (χ4v) is 1.79. The Bertz CT molecular complexity index is 503. The van der Waals surface area contributed by atoms with Gasteiger partial charge in [0.25, 0.3) is 5.56 Å². The number of nitrogens with zero attached hydrogens (tertiary/aromatic N) is 1. The van der Waals surface area contributed by atoms with Gasteiger partial charge in [-0.3, -0.25) is 14.4 Å². The second-order valence-electron chi connectivity index (χ2n) is 3.53. The largest absolute Gasteiger partial charge is 0.465 e. The SMILES string of the molecule is CCOC(=O)C1Cn2c(cccc2=O)C1=O. The van der Waals surface area contributed by atoms with Crippen molar-refractivity contribution < 1.29 is 14.3 Å². The van der Waals surface area contributed by atoms with Crippen molar-refractivity contribution in [2.45, 2.75) is 13.5 Å². The monoisotopic (exact) mass is 221 g/mol. The molecule has 0 amide bonds. The summed E-state index contributed by atoms with van der Waals surface area (Å²) in [6.07, 6.45) is 0. The Morgan fingerprint density at radius 1 is 1.50 bits per heavy atom. The molecule has 0 radical (unpaired) electrons. The molecule has 1 atom stereocenters. The first kappa shape index (κ1) is 10.6. The van der Waals surface area contributed by atoms with Gasteiger partial charge in [0.2, 0.25) is 0 Å². The van der Waals surface area contributed by atoms with E-state index in [1.54, 1.807) is 13.0 Å². The Morgan fingerprint density at radius 3 is 2.88 bits per heavy atom. The van der Waals surface area contributed by atoms with Crippen molar-refractivity contribution in [2.24, 2.45) is 5.92 Å². The van der Waals surface area contributed by atoms with Crippen LogP contribution in [0.1, 0.15) is 17.4 Å². The maximum absolute atomic E-state index is 11.8. The highest BCUT2D eigenvalue weighted by atomic mass is 16.5. The van der Waals surface area contributed by atoms with Crippen molar-refractivity contribution >= 4 is 11.8 Å². The van der Waals surface area contributed by atoms with Crippen LogP contribution in [0.5, 0.6) is 0 Å². The normalized spacial score (nSPS) is 18.3. The quantitative estimate of drug-likeness (QED) is 0.529. The molecule has 16 heavy (non-hydrogen) atoms. The molecule has 0 aromatic carbocycles. The third kappa shape index (κ3) is 1.54. The summed E-state index contributed by atoms with van der Waals surface area (Å²) in [4.78, 5) is 34.7.